The summed E-state index contributed by atoms with van der Waals surface area (Å²) in [6, 6.07) is 8.71. The molecule has 4 aromatic rings. The average Bonchev–Trinajstić information content (AvgIpc) is 3.01. The first-order valence-electron chi connectivity index (χ1n) is 7.51. The Bertz CT molecular complexity index is 1240. The summed E-state index contributed by atoms with van der Waals surface area (Å²) in [5.41, 5.74) is -1.52. The highest BCUT2D eigenvalue weighted by Gasteiger charge is 2.33. The topological polar surface area (TPSA) is 73.3 Å². The number of fused-ring (bicyclic) bond motifs is 3. The SMILES string of the molecule is O=c1c2oc3nc(C(F)(F)F)ccc3c2ncn1/N=C/c1ccc(Cl)cc1. The summed E-state index contributed by atoms with van der Waals surface area (Å²) < 4.78 is 44.5. The van der Waals surface area contributed by atoms with Gasteiger partial charge in [0.2, 0.25) is 11.3 Å². The van der Waals surface area contributed by atoms with Gasteiger partial charge in [-0.05, 0) is 29.8 Å². The first-order valence-corrected chi connectivity index (χ1v) is 7.89. The van der Waals surface area contributed by atoms with Crippen molar-refractivity contribution in [3.05, 3.63) is 69.4 Å². The lowest BCUT2D eigenvalue weighted by Crippen LogP contribution is -2.16. The Hall–Kier alpha value is -3.20. The number of aromatic nitrogens is 3. The van der Waals surface area contributed by atoms with Gasteiger partial charge in [-0.25, -0.2) is 9.97 Å². The van der Waals surface area contributed by atoms with Crippen LogP contribution in [0.1, 0.15) is 11.3 Å². The molecule has 10 heteroatoms. The Kier molecular flexibility index (Phi) is 3.96. The second-order valence-electron chi connectivity index (χ2n) is 5.52. The van der Waals surface area contributed by atoms with Gasteiger partial charge in [-0.3, -0.25) is 4.79 Å². The largest absolute Gasteiger partial charge is 0.433 e. The Balaban J connectivity index is 1.80. The van der Waals surface area contributed by atoms with Crippen molar-refractivity contribution < 1.29 is 17.6 Å². The van der Waals surface area contributed by atoms with Gasteiger partial charge in [0.15, 0.2) is 0 Å². The Morgan fingerprint density at radius 3 is 2.59 bits per heavy atom. The van der Waals surface area contributed by atoms with Crippen LogP contribution in [0.15, 0.2) is 57.0 Å². The molecule has 0 amide bonds. The van der Waals surface area contributed by atoms with Gasteiger partial charge < -0.3 is 4.42 Å². The van der Waals surface area contributed by atoms with Gasteiger partial charge in [-0.1, -0.05) is 23.7 Å². The third-order valence-corrected chi connectivity index (χ3v) is 3.97. The predicted octanol–water partition coefficient (Wildman–Crippen LogP) is 4.09. The number of rotatable bonds is 2. The van der Waals surface area contributed by atoms with Gasteiger partial charge in [0.1, 0.15) is 17.5 Å². The molecule has 0 unspecified atom stereocenters. The summed E-state index contributed by atoms with van der Waals surface area (Å²) in [5.74, 6) is 0. The van der Waals surface area contributed by atoms with E-state index in [4.69, 9.17) is 16.0 Å². The Morgan fingerprint density at radius 1 is 1.15 bits per heavy atom. The molecule has 0 spiro atoms. The van der Waals surface area contributed by atoms with Crippen LogP contribution in [0.4, 0.5) is 13.2 Å². The van der Waals surface area contributed by atoms with Crippen molar-refractivity contribution in [1.29, 1.82) is 0 Å². The molecule has 0 aliphatic carbocycles. The molecule has 0 saturated carbocycles. The zero-order valence-electron chi connectivity index (χ0n) is 13.2. The van der Waals surface area contributed by atoms with Crippen molar-refractivity contribution in [2.24, 2.45) is 5.10 Å². The van der Waals surface area contributed by atoms with Crippen LogP contribution < -0.4 is 5.56 Å². The summed E-state index contributed by atoms with van der Waals surface area (Å²) in [5, 5.41) is 4.76. The second kappa shape index (κ2) is 6.20. The quantitative estimate of drug-likeness (QED) is 0.481. The molecule has 0 atom stereocenters. The van der Waals surface area contributed by atoms with Crippen molar-refractivity contribution in [2.75, 3.05) is 0 Å². The number of pyridine rings is 1. The van der Waals surface area contributed by atoms with E-state index in [0.29, 0.717) is 10.6 Å². The van der Waals surface area contributed by atoms with Gasteiger partial charge in [-0.2, -0.15) is 22.9 Å². The molecule has 0 radical (unpaired) electrons. The van der Waals surface area contributed by atoms with E-state index in [1.54, 1.807) is 24.3 Å². The fraction of sp³-hybridized carbons (Fsp3) is 0.0588. The lowest BCUT2D eigenvalue weighted by molar-refractivity contribution is -0.141. The van der Waals surface area contributed by atoms with Crippen LogP contribution in [0.5, 0.6) is 0 Å². The Labute approximate surface area is 153 Å². The summed E-state index contributed by atoms with van der Waals surface area (Å²) in [6.45, 7) is 0. The molecule has 0 aliphatic rings. The molecule has 3 aromatic heterocycles. The fourth-order valence-corrected chi connectivity index (χ4v) is 2.55. The van der Waals surface area contributed by atoms with Crippen LogP contribution in [0.25, 0.3) is 22.2 Å². The van der Waals surface area contributed by atoms with E-state index in [0.717, 1.165) is 17.1 Å². The smallest absolute Gasteiger partial charge is 0.430 e. The van der Waals surface area contributed by atoms with E-state index in [1.165, 1.54) is 12.3 Å². The number of furan rings is 1. The standard InChI is InChI=1S/C17H8ClF3N4O2/c18-10-3-1-9(2-4-10)7-23-25-8-22-13-11-5-6-12(17(19,20)21)24-15(11)27-14(13)16(25)26/h1-8H/b23-7+. The van der Waals surface area contributed by atoms with Gasteiger partial charge in [0.05, 0.1) is 11.6 Å². The molecule has 0 fully saturated rings. The maximum absolute atomic E-state index is 12.8. The zero-order valence-corrected chi connectivity index (χ0v) is 14.0. The lowest BCUT2D eigenvalue weighted by atomic mass is 10.2. The third kappa shape index (κ3) is 3.17. The highest BCUT2D eigenvalue weighted by atomic mass is 35.5. The number of hydrogen-bond acceptors (Lipinski definition) is 5. The average molecular weight is 393 g/mol. The first-order chi connectivity index (χ1) is 12.8. The molecule has 27 heavy (non-hydrogen) atoms. The second-order valence-corrected chi connectivity index (χ2v) is 5.95. The van der Waals surface area contributed by atoms with Crippen molar-refractivity contribution in [3.63, 3.8) is 0 Å². The van der Waals surface area contributed by atoms with Crippen LogP contribution >= 0.6 is 11.6 Å². The van der Waals surface area contributed by atoms with Crippen LogP contribution in [0.3, 0.4) is 0 Å². The van der Waals surface area contributed by atoms with Crippen molar-refractivity contribution in [1.82, 2.24) is 14.6 Å². The van der Waals surface area contributed by atoms with Gasteiger partial charge in [0, 0.05) is 5.02 Å². The number of halogens is 4. The van der Waals surface area contributed by atoms with Crippen LogP contribution in [-0.4, -0.2) is 20.9 Å². The zero-order chi connectivity index (χ0) is 19.2. The summed E-state index contributed by atoms with van der Waals surface area (Å²) in [4.78, 5) is 20.0. The number of hydrogen-bond donors (Lipinski definition) is 0. The number of nitrogens with zero attached hydrogens (tertiary/aromatic N) is 4. The maximum Gasteiger partial charge on any atom is 0.433 e. The summed E-state index contributed by atoms with van der Waals surface area (Å²) >= 11 is 5.80. The lowest BCUT2D eigenvalue weighted by Gasteiger charge is -2.03. The van der Waals surface area contributed by atoms with Crippen LogP contribution in [0.2, 0.25) is 5.02 Å². The Morgan fingerprint density at radius 2 is 1.89 bits per heavy atom. The molecule has 0 bridgehead atoms. The highest BCUT2D eigenvalue weighted by molar-refractivity contribution is 6.30. The highest BCUT2D eigenvalue weighted by Crippen LogP contribution is 2.31. The van der Waals surface area contributed by atoms with Crippen molar-refractivity contribution >= 4 is 40.0 Å². The van der Waals surface area contributed by atoms with Gasteiger partial charge in [0.25, 0.3) is 0 Å². The first kappa shape index (κ1) is 17.2. The van der Waals surface area contributed by atoms with E-state index in [2.05, 4.69) is 15.1 Å². The number of alkyl halides is 3. The van der Waals surface area contributed by atoms with Gasteiger partial charge >= 0.3 is 11.7 Å². The van der Waals surface area contributed by atoms with Gasteiger partial charge in [-0.15, -0.1) is 0 Å². The van der Waals surface area contributed by atoms with E-state index in [1.807, 2.05) is 0 Å². The molecule has 6 nitrogen and oxygen atoms in total. The van der Waals surface area contributed by atoms with E-state index in [-0.39, 0.29) is 22.2 Å². The fourth-order valence-electron chi connectivity index (χ4n) is 2.43. The minimum absolute atomic E-state index is 0.120. The monoisotopic (exact) mass is 392 g/mol. The van der Waals surface area contributed by atoms with Crippen molar-refractivity contribution in [2.45, 2.75) is 6.18 Å². The normalized spacial score (nSPS) is 12.4. The molecule has 1 aromatic carbocycles. The molecule has 0 N–H and O–H groups in total. The van der Waals surface area contributed by atoms with E-state index in [9.17, 15) is 18.0 Å². The minimum Gasteiger partial charge on any atom is -0.430 e. The molecule has 136 valence electrons. The summed E-state index contributed by atoms with van der Waals surface area (Å²) in [7, 11) is 0. The van der Waals surface area contributed by atoms with Crippen LogP contribution in [-0.2, 0) is 6.18 Å². The number of benzene rings is 1. The van der Waals surface area contributed by atoms with Crippen LogP contribution in [0, 0.1) is 0 Å². The third-order valence-electron chi connectivity index (χ3n) is 3.72. The molecular weight excluding hydrogens is 385 g/mol. The maximum atomic E-state index is 12.8. The van der Waals surface area contributed by atoms with E-state index < -0.39 is 17.4 Å². The van der Waals surface area contributed by atoms with Crippen molar-refractivity contribution in [3.8, 4) is 0 Å². The molecule has 0 saturated heterocycles. The molecular formula is C17H8ClF3N4O2. The minimum atomic E-state index is -4.62. The molecule has 3 heterocycles. The predicted molar refractivity (Wildman–Crippen MR) is 93.0 cm³/mol. The molecule has 0 aliphatic heterocycles. The molecule has 4 rings (SSSR count). The summed E-state index contributed by atoms with van der Waals surface area (Å²) in [6.07, 6.45) is -2.05. The van der Waals surface area contributed by atoms with E-state index >= 15 is 0 Å².